The predicted octanol–water partition coefficient (Wildman–Crippen LogP) is 2.23. The van der Waals surface area contributed by atoms with E-state index in [4.69, 9.17) is 21.3 Å². The second kappa shape index (κ2) is 3.88. The normalized spacial score (nSPS) is 10.1. The second-order valence-corrected chi connectivity index (χ2v) is 3.58. The average molecular weight is 251 g/mol. The van der Waals surface area contributed by atoms with Crippen molar-refractivity contribution in [3.05, 3.63) is 49.3 Å². The number of rotatable bonds is 1. The van der Waals surface area contributed by atoms with Crippen LogP contribution in [0, 0.1) is 21.4 Å². The second-order valence-electron chi connectivity index (χ2n) is 3.15. The van der Waals surface area contributed by atoms with E-state index in [1.165, 1.54) is 6.07 Å². The number of hydrogen-bond acceptors (Lipinski definition) is 5. The number of nitrogens with zero attached hydrogens (tertiary/aromatic N) is 2. The van der Waals surface area contributed by atoms with Gasteiger partial charge in [0.25, 0.3) is 0 Å². The minimum atomic E-state index is -0.724. The van der Waals surface area contributed by atoms with Gasteiger partial charge in [-0.3, -0.25) is 14.9 Å². The lowest BCUT2D eigenvalue weighted by Gasteiger charge is -1.99. The van der Waals surface area contributed by atoms with E-state index < -0.39 is 16.0 Å². The highest BCUT2D eigenvalue weighted by atomic mass is 35.5. The molecule has 0 saturated heterocycles. The molecule has 0 aliphatic carbocycles. The molecular formula is C10H3ClN2O4. The Hall–Kier alpha value is -2.39. The SMILES string of the molecule is N#Cc1cc(=O)c2cc(Cl)cc([N+](=O)[O-])c2o1. The third-order valence-electron chi connectivity index (χ3n) is 2.08. The van der Waals surface area contributed by atoms with Crippen molar-refractivity contribution in [2.45, 2.75) is 0 Å². The Labute approximate surface area is 98.8 Å². The number of nitro benzene ring substituents is 1. The Morgan fingerprint density at radius 3 is 2.71 bits per heavy atom. The number of halogens is 1. The molecule has 2 aromatic rings. The maximum absolute atomic E-state index is 11.6. The van der Waals surface area contributed by atoms with Crippen molar-refractivity contribution in [3.8, 4) is 6.07 Å². The van der Waals surface area contributed by atoms with E-state index in [0.717, 1.165) is 12.1 Å². The third kappa shape index (κ3) is 1.84. The fraction of sp³-hybridized carbons (Fsp3) is 0. The zero-order chi connectivity index (χ0) is 12.6. The first-order valence-corrected chi connectivity index (χ1v) is 4.72. The van der Waals surface area contributed by atoms with Gasteiger partial charge in [-0.2, -0.15) is 5.26 Å². The van der Waals surface area contributed by atoms with Crippen LogP contribution in [-0.4, -0.2) is 4.92 Å². The first kappa shape index (κ1) is 11.1. The van der Waals surface area contributed by atoms with Gasteiger partial charge >= 0.3 is 5.69 Å². The van der Waals surface area contributed by atoms with Crippen LogP contribution in [0.5, 0.6) is 0 Å². The summed E-state index contributed by atoms with van der Waals surface area (Å²) >= 11 is 5.66. The summed E-state index contributed by atoms with van der Waals surface area (Å²) in [6.07, 6.45) is 0. The van der Waals surface area contributed by atoms with Crippen molar-refractivity contribution in [2.75, 3.05) is 0 Å². The Kier molecular flexibility index (Phi) is 2.54. The van der Waals surface area contributed by atoms with Crippen LogP contribution in [0.2, 0.25) is 5.02 Å². The summed E-state index contributed by atoms with van der Waals surface area (Å²) < 4.78 is 4.98. The van der Waals surface area contributed by atoms with Crippen LogP contribution in [0.3, 0.4) is 0 Å². The van der Waals surface area contributed by atoms with E-state index in [2.05, 4.69) is 0 Å². The van der Waals surface area contributed by atoms with Crippen LogP contribution in [0.1, 0.15) is 5.76 Å². The van der Waals surface area contributed by atoms with Crippen molar-refractivity contribution in [3.63, 3.8) is 0 Å². The fourth-order valence-corrected chi connectivity index (χ4v) is 1.61. The first-order chi connectivity index (χ1) is 8.02. The van der Waals surface area contributed by atoms with E-state index in [-0.39, 0.29) is 21.8 Å². The Bertz CT molecular complexity index is 729. The summed E-state index contributed by atoms with van der Waals surface area (Å²) in [6.45, 7) is 0. The maximum atomic E-state index is 11.6. The Balaban J connectivity index is 3.01. The zero-order valence-corrected chi connectivity index (χ0v) is 8.89. The minimum absolute atomic E-state index is 0.0248. The third-order valence-corrected chi connectivity index (χ3v) is 2.30. The molecule has 2 rings (SSSR count). The molecule has 0 N–H and O–H groups in total. The van der Waals surface area contributed by atoms with Gasteiger partial charge in [-0.15, -0.1) is 0 Å². The van der Waals surface area contributed by atoms with Crippen molar-refractivity contribution >= 4 is 28.3 Å². The molecule has 0 bridgehead atoms. The molecule has 0 aliphatic rings. The Morgan fingerprint density at radius 2 is 2.12 bits per heavy atom. The standard InChI is InChI=1S/C10H3ClN2O4/c11-5-1-7-9(14)3-6(4-12)17-10(7)8(2-5)13(15)16/h1-3H. The molecule has 0 unspecified atom stereocenters. The average Bonchev–Trinajstić information content (AvgIpc) is 2.28. The van der Waals surface area contributed by atoms with Crippen LogP contribution in [-0.2, 0) is 0 Å². The maximum Gasteiger partial charge on any atom is 0.313 e. The van der Waals surface area contributed by atoms with Gasteiger partial charge in [0.1, 0.15) is 6.07 Å². The summed E-state index contributed by atoms with van der Waals surface area (Å²) in [5.74, 6) is -0.284. The molecule has 1 aromatic heterocycles. The van der Waals surface area contributed by atoms with Gasteiger partial charge in [-0.05, 0) is 6.07 Å². The molecule has 0 atom stereocenters. The summed E-state index contributed by atoms with van der Waals surface area (Å²) in [5.41, 5.74) is -1.24. The van der Waals surface area contributed by atoms with E-state index in [1.54, 1.807) is 6.07 Å². The highest BCUT2D eigenvalue weighted by molar-refractivity contribution is 6.31. The predicted molar refractivity (Wildman–Crippen MR) is 58.9 cm³/mol. The monoisotopic (exact) mass is 250 g/mol. The minimum Gasteiger partial charge on any atom is -0.438 e. The lowest BCUT2D eigenvalue weighted by atomic mass is 10.2. The van der Waals surface area contributed by atoms with E-state index in [0.29, 0.717) is 0 Å². The van der Waals surface area contributed by atoms with Gasteiger partial charge in [0, 0.05) is 17.2 Å². The van der Waals surface area contributed by atoms with Gasteiger partial charge in [0.05, 0.1) is 10.3 Å². The number of benzene rings is 1. The van der Waals surface area contributed by atoms with Crippen molar-refractivity contribution in [2.24, 2.45) is 0 Å². The highest BCUT2D eigenvalue weighted by Crippen LogP contribution is 2.28. The van der Waals surface area contributed by atoms with Crippen molar-refractivity contribution in [1.82, 2.24) is 0 Å². The summed E-state index contributed by atoms with van der Waals surface area (Å²) in [5, 5.41) is 19.4. The first-order valence-electron chi connectivity index (χ1n) is 4.35. The number of nitro groups is 1. The molecule has 0 spiro atoms. The van der Waals surface area contributed by atoms with Gasteiger partial charge in [0.15, 0.2) is 5.43 Å². The van der Waals surface area contributed by atoms with Crippen LogP contribution in [0.4, 0.5) is 5.69 Å². The molecule has 0 fully saturated rings. The lowest BCUT2D eigenvalue weighted by Crippen LogP contribution is -2.02. The molecule has 0 amide bonds. The van der Waals surface area contributed by atoms with Crippen molar-refractivity contribution in [1.29, 1.82) is 5.26 Å². The van der Waals surface area contributed by atoms with Crippen LogP contribution in [0.25, 0.3) is 11.0 Å². The van der Waals surface area contributed by atoms with Gasteiger partial charge in [0.2, 0.25) is 11.3 Å². The quantitative estimate of drug-likeness (QED) is 0.571. The largest absolute Gasteiger partial charge is 0.438 e. The van der Waals surface area contributed by atoms with Crippen LogP contribution < -0.4 is 5.43 Å². The zero-order valence-electron chi connectivity index (χ0n) is 8.14. The van der Waals surface area contributed by atoms with Crippen LogP contribution in [0.15, 0.2) is 27.4 Å². The van der Waals surface area contributed by atoms with Gasteiger partial charge in [-0.1, -0.05) is 11.6 Å². The number of non-ortho nitro benzene ring substituents is 1. The molecule has 17 heavy (non-hydrogen) atoms. The summed E-state index contributed by atoms with van der Waals surface area (Å²) in [6, 6.07) is 4.90. The number of nitriles is 1. The Morgan fingerprint density at radius 1 is 1.41 bits per heavy atom. The molecular weight excluding hydrogens is 248 g/mol. The van der Waals surface area contributed by atoms with Crippen LogP contribution >= 0.6 is 11.6 Å². The molecule has 6 nitrogen and oxygen atoms in total. The molecule has 0 radical (unpaired) electrons. The summed E-state index contributed by atoms with van der Waals surface area (Å²) in [4.78, 5) is 21.6. The van der Waals surface area contributed by atoms with E-state index in [1.807, 2.05) is 0 Å². The molecule has 7 heteroatoms. The molecule has 1 aromatic carbocycles. The molecule has 84 valence electrons. The topological polar surface area (TPSA) is 97.1 Å². The van der Waals surface area contributed by atoms with Gasteiger partial charge in [-0.25, -0.2) is 0 Å². The van der Waals surface area contributed by atoms with E-state index >= 15 is 0 Å². The number of fused-ring (bicyclic) bond motifs is 1. The number of hydrogen-bond donors (Lipinski definition) is 0. The fourth-order valence-electron chi connectivity index (χ4n) is 1.40. The molecule has 0 aliphatic heterocycles. The molecule has 0 saturated carbocycles. The molecule has 1 heterocycles. The van der Waals surface area contributed by atoms with E-state index in [9.17, 15) is 14.9 Å². The smallest absolute Gasteiger partial charge is 0.313 e. The van der Waals surface area contributed by atoms with Crippen molar-refractivity contribution < 1.29 is 9.34 Å². The highest BCUT2D eigenvalue weighted by Gasteiger charge is 2.18. The summed E-state index contributed by atoms with van der Waals surface area (Å²) in [7, 11) is 0. The van der Waals surface area contributed by atoms with Gasteiger partial charge < -0.3 is 4.42 Å². The lowest BCUT2D eigenvalue weighted by molar-refractivity contribution is -0.383.